The zero-order valence-electron chi connectivity index (χ0n) is 11.4. The largest absolute Gasteiger partial charge is 0.417 e. The molecular formula is C13H29BrOSi. The third kappa shape index (κ3) is 7.07. The first-order valence-corrected chi connectivity index (χ1v) is 10.6. The molecular weight excluding hydrogens is 280 g/mol. The minimum absolute atomic E-state index is 0.919. The molecule has 0 saturated carbocycles. The lowest BCUT2D eigenvalue weighted by atomic mass is 10.4. The van der Waals surface area contributed by atoms with Crippen molar-refractivity contribution in [2.45, 2.75) is 71.0 Å². The van der Waals surface area contributed by atoms with Crippen LogP contribution in [0.25, 0.3) is 0 Å². The lowest BCUT2D eigenvalue weighted by molar-refractivity contribution is 0.315. The highest BCUT2D eigenvalue weighted by Gasteiger charge is 2.32. The number of unbranched alkanes of at least 4 members (excludes halogenated alkanes) is 2. The van der Waals surface area contributed by atoms with Gasteiger partial charge in [0.1, 0.15) is 0 Å². The molecule has 0 fully saturated rings. The fourth-order valence-corrected chi connectivity index (χ4v) is 7.69. The average Bonchev–Trinajstić information content (AvgIpc) is 2.31. The maximum Gasteiger partial charge on any atom is 0.192 e. The molecule has 0 heterocycles. The normalized spacial score (nSPS) is 12.0. The topological polar surface area (TPSA) is 9.23 Å². The second kappa shape index (κ2) is 10.8. The van der Waals surface area contributed by atoms with Crippen LogP contribution in [0.2, 0.25) is 18.1 Å². The van der Waals surface area contributed by atoms with E-state index < -0.39 is 8.32 Å². The molecule has 0 radical (unpaired) electrons. The highest BCUT2D eigenvalue weighted by molar-refractivity contribution is 9.09. The molecule has 0 amide bonds. The van der Waals surface area contributed by atoms with E-state index in [2.05, 4.69) is 36.7 Å². The summed E-state index contributed by atoms with van der Waals surface area (Å²) in [6.07, 6.45) is 6.63. The molecule has 0 aliphatic rings. The van der Waals surface area contributed by atoms with Crippen LogP contribution in [0.15, 0.2) is 0 Å². The van der Waals surface area contributed by atoms with Crippen molar-refractivity contribution in [2.75, 3.05) is 11.9 Å². The summed E-state index contributed by atoms with van der Waals surface area (Å²) in [5.41, 5.74) is 0. The molecule has 0 bridgehead atoms. The molecule has 1 nitrogen and oxygen atoms in total. The maximum atomic E-state index is 6.25. The predicted molar refractivity (Wildman–Crippen MR) is 80.0 cm³/mol. The van der Waals surface area contributed by atoms with Gasteiger partial charge in [-0.25, -0.2) is 0 Å². The van der Waals surface area contributed by atoms with E-state index in [4.69, 9.17) is 4.43 Å². The van der Waals surface area contributed by atoms with E-state index >= 15 is 0 Å². The van der Waals surface area contributed by atoms with Gasteiger partial charge in [0.2, 0.25) is 0 Å². The van der Waals surface area contributed by atoms with E-state index in [1.165, 1.54) is 50.2 Å². The van der Waals surface area contributed by atoms with Gasteiger partial charge in [-0.05, 0) is 31.5 Å². The Kier molecular flexibility index (Phi) is 11.2. The first kappa shape index (κ1) is 16.7. The van der Waals surface area contributed by atoms with Gasteiger partial charge >= 0.3 is 0 Å². The molecule has 0 rings (SSSR count). The molecule has 0 atom stereocenters. The Hall–Kier alpha value is 0.657. The molecule has 0 aromatic rings. The van der Waals surface area contributed by atoms with Gasteiger partial charge in [0.25, 0.3) is 0 Å². The number of hydrogen-bond acceptors (Lipinski definition) is 1. The first-order chi connectivity index (χ1) is 7.74. The van der Waals surface area contributed by atoms with Gasteiger partial charge in [-0.3, -0.25) is 0 Å². The van der Waals surface area contributed by atoms with E-state index in [-0.39, 0.29) is 0 Å². The molecule has 0 aliphatic heterocycles. The lowest BCUT2D eigenvalue weighted by Crippen LogP contribution is -2.38. The van der Waals surface area contributed by atoms with Crippen LogP contribution < -0.4 is 0 Å². The van der Waals surface area contributed by atoms with Crippen molar-refractivity contribution in [3.8, 4) is 0 Å². The van der Waals surface area contributed by atoms with Gasteiger partial charge in [0.15, 0.2) is 8.32 Å². The molecule has 0 saturated heterocycles. The number of rotatable bonds is 11. The van der Waals surface area contributed by atoms with Crippen molar-refractivity contribution in [1.82, 2.24) is 0 Å². The van der Waals surface area contributed by atoms with Crippen LogP contribution in [0, 0.1) is 0 Å². The van der Waals surface area contributed by atoms with Crippen LogP contribution >= 0.6 is 15.9 Å². The number of halogens is 1. The molecule has 0 unspecified atom stereocenters. The summed E-state index contributed by atoms with van der Waals surface area (Å²) in [6, 6.07) is 4.11. The Labute approximate surface area is 112 Å². The standard InChI is InChI=1S/C13H29BrOSi/c1-4-7-11-16(15-6-3,12-8-5-2)13-9-10-14/h4-13H2,1-3H3. The van der Waals surface area contributed by atoms with Crippen LogP contribution in [0.1, 0.15) is 52.9 Å². The maximum absolute atomic E-state index is 6.25. The fraction of sp³-hybridized carbons (Fsp3) is 1.00. The van der Waals surface area contributed by atoms with E-state index in [1.807, 2.05) is 0 Å². The Morgan fingerprint density at radius 3 is 1.75 bits per heavy atom. The van der Waals surface area contributed by atoms with Gasteiger partial charge in [-0.1, -0.05) is 55.5 Å². The van der Waals surface area contributed by atoms with E-state index in [0.29, 0.717) is 0 Å². The van der Waals surface area contributed by atoms with Crippen molar-refractivity contribution in [3.05, 3.63) is 0 Å². The van der Waals surface area contributed by atoms with Crippen LogP contribution in [0.4, 0.5) is 0 Å². The Morgan fingerprint density at radius 1 is 0.875 bits per heavy atom. The highest BCUT2D eigenvalue weighted by atomic mass is 79.9. The Morgan fingerprint density at radius 2 is 1.38 bits per heavy atom. The zero-order chi connectivity index (χ0) is 12.3. The summed E-state index contributed by atoms with van der Waals surface area (Å²) >= 11 is 3.56. The minimum Gasteiger partial charge on any atom is -0.417 e. The summed E-state index contributed by atoms with van der Waals surface area (Å²) in [7, 11) is -1.39. The summed E-state index contributed by atoms with van der Waals surface area (Å²) in [4.78, 5) is 0. The zero-order valence-corrected chi connectivity index (χ0v) is 13.9. The van der Waals surface area contributed by atoms with Crippen molar-refractivity contribution in [1.29, 1.82) is 0 Å². The lowest BCUT2D eigenvalue weighted by Gasteiger charge is -2.31. The van der Waals surface area contributed by atoms with Gasteiger partial charge in [0.05, 0.1) is 0 Å². The monoisotopic (exact) mass is 308 g/mol. The van der Waals surface area contributed by atoms with Crippen LogP contribution in [0.5, 0.6) is 0 Å². The summed E-state index contributed by atoms with van der Waals surface area (Å²) in [5.74, 6) is 0. The predicted octanol–water partition coefficient (Wildman–Crippen LogP) is 5.35. The van der Waals surface area contributed by atoms with Gasteiger partial charge in [0, 0.05) is 11.9 Å². The van der Waals surface area contributed by atoms with Crippen molar-refractivity contribution in [2.24, 2.45) is 0 Å². The highest BCUT2D eigenvalue weighted by Crippen LogP contribution is 2.29. The minimum atomic E-state index is -1.39. The molecule has 0 N–H and O–H groups in total. The molecule has 98 valence electrons. The van der Waals surface area contributed by atoms with Crippen molar-refractivity contribution in [3.63, 3.8) is 0 Å². The third-order valence-corrected chi connectivity index (χ3v) is 8.44. The van der Waals surface area contributed by atoms with Crippen LogP contribution in [0.3, 0.4) is 0 Å². The Balaban J connectivity index is 4.32. The summed E-state index contributed by atoms with van der Waals surface area (Å²) < 4.78 is 6.25. The average molecular weight is 309 g/mol. The molecule has 16 heavy (non-hydrogen) atoms. The van der Waals surface area contributed by atoms with E-state index in [0.717, 1.165) is 11.9 Å². The summed E-state index contributed by atoms with van der Waals surface area (Å²) in [6.45, 7) is 7.65. The number of alkyl halides is 1. The van der Waals surface area contributed by atoms with Crippen LogP contribution in [-0.2, 0) is 4.43 Å². The van der Waals surface area contributed by atoms with E-state index in [9.17, 15) is 0 Å². The molecule has 0 aliphatic carbocycles. The molecule has 0 spiro atoms. The van der Waals surface area contributed by atoms with Crippen molar-refractivity contribution < 1.29 is 4.43 Å². The molecule has 3 heteroatoms. The third-order valence-electron chi connectivity index (χ3n) is 3.19. The second-order valence-electron chi connectivity index (χ2n) is 4.62. The smallest absolute Gasteiger partial charge is 0.192 e. The number of hydrogen-bond donors (Lipinski definition) is 0. The SMILES string of the molecule is CCCC[Si](CCCC)(CCCBr)OCC. The van der Waals surface area contributed by atoms with Gasteiger partial charge in [-0.15, -0.1) is 0 Å². The fourth-order valence-electron chi connectivity index (χ4n) is 2.28. The van der Waals surface area contributed by atoms with Crippen molar-refractivity contribution >= 4 is 24.2 Å². The molecule has 0 aromatic heterocycles. The quantitative estimate of drug-likeness (QED) is 0.369. The first-order valence-electron chi connectivity index (χ1n) is 6.94. The Bertz CT molecular complexity index is 131. The van der Waals surface area contributed by atoms with Gasteiger partial charge < -0.3 is 4.43 Å². The van der Waals surface area contributed by atoms with Crippen LogP contribution in [-0.4, -0.2) is 20.3 Å². The second-order valence-corrected chi connectivity index (χ2v) is 9.56. The van der Waals surface area contributed by atoms with E-state index in [1.54, 1.807) is 0 Å². The molecule has 0 aromatic carbocycles. The summed E-state index contributed by atoms with van der Waals surface area (Å²) in [5, 5.41) is 1.13. The van der Waals surface area contributed by atoms with Gasteiger partial charge in [-0.2, -0.15) is 0 Å².